The Bertz CT molecular complexity index is 667. The molecule has 0 atom stereocenters. The summed E-state index contributed by atoms with van der Waals surface area (Å²) in [4.78, 5) is 24.8. The lowest BCUT2D eigenvalue weighted by molar-refractivity contribution is 0.142. The summed E-state index contributed by atoms with van der Waals surface area (Å²) in [5.74, 6) is -0.149. The average Bonchev–Trinajstić information content (AvgIpc) is 2.13. The van der Waals surface area contributed by atoms with Crippen molar-refractivity contribution >= 4 is 44.6 Å². The van der Waals surface area contributed by atoms with Crippen LogP contribution in [-0.2, 0) is 0 Å². The van der Waals surface area contributed by atoms with E-state index in [2.05, 4.69) is 25.7 Å². The number of carboxylic acid groups (broad SMARTS) is 1. The summed E-state index contributed by atoms with van der Waals surface area (Å²) in [7, 11) is 0. The fourth-order valence-electron chi connectivity index (χ4n) is 1.43. The molecule has 1 aromatic carbocycles. The van der Waals surface area contributed by atoms with Crippen LogP contribution in [0.25, 0.3) is 10.9 Å². The van der Waals surface area contributed by atoms with Crippen molar-refractivity contribution in [3.8, 4) is 5.88 Å². The maximum absolute atomic E-state index is 11.7. The van der Waals surface area contributed by atoms with Crippen molar-refractivity contribution in [1.82, 2.24) is 4.98 Å². The van der Waals surface area contributed by atoms with E-state index in [0.717, 1.165) is 6.07 Å². The lowest BCUT2D eigenvalue weighted by atomic mass is 10.2. The molecule has 0 unspecified atom stereocenters. The molecule has 0 amide bonds. The van der Waals surface area contributed by atoms with Gasteiger partial charge >= 0.3 is 6.16 Å². The molecule has 88 valence electrons. The van der Waals surface area contributed by atoms with Crippen LogP contribution in [0.1, 0.15) is 0 Å². The minimum Gasteiger partial charge on any atom is -0.449 e. The van der Waals surface area contributed by atoms with Gasteiger partial charge in [0.15, 0.2) is 5.43 Å². The molecule has 0 radical (unpaired) electrons. The first-order valence-electron chi connectivity index (χ1n) is 4.40. The van der Waals surface area contributed by atoms with Crippen molar-refractivity contribution in [2.75, 3.05) is 0 Å². The summed E-state index contributed by atoms with van der Waals surface area (Å²) < 4.78 is 5.05. The molecule has 1 aromatic heterocycles. The predicted molar refractivity (Wildman–Crippen MR) is 65.9 cm³/mol. The Balaban J connectivity index is 2.73. The Morgan fingerprint density at radius 2 is 2.12 bits per heavy atom. The molecule has 5 nitrogen and oxygen atoms in total. The van der Waals surface area contributed by atoms with Crippen LogP contribution in [0.2, 0.25) is 5.02 Å². The van der Waals surface area contributed by atoms with Gasteiger partial charge in [-0.15, -0.1) is 0 Å². The number of hydrogen-bond donors (Lipinski definition) is 2. The van der Waals surface area contributed by atoms with Crippen LogP contribution in [0.4, 0.5) is 4.79 Å². The van der Waals surface area contributed by atoms with Gasteiger partial charge in [-0.25, -0.2) is 4.79 Å². The summed E-state index contributed by atoms with van der Waals surface area (Å²) in [6, 6.07) is 4.23. The largest absolute Gasteiger partial charge is 0.512 e. The second-order valence-electron chi connectivity index (χ2n) is 3.18. The van der Waals surface area contributed by atoms with Gasteiger partial charge in [0.2, 0.25) is 5.88 Å². The number of nitrogens with one attached hydrogen (secondary N) is 1. The van der Waals surface area contributed by atoms with Crippen molar-refractivity contribution in [2.24, 2.45) is 0 Å². The number of fused-ring (bicyclic) bond motifs is 1. The summed E-state index contributed by atoms with van der Waals surface area (Å²) in [5.41, 5.74) is -0.0133. The molecule has 0 saturated carbocycles. The molecule has 2 N–H and O–H groups in total. The van der Waals surface area contributed by atoms with E-state index in [1.807, 2.05) is 0 Å². The SMILES string of the molecule is O=C(O)Oc1cc(=O)c2c(Cl)cc(Br)cc2[nH]1. The van der Waals surface area contributed by atoms with E-state index < -0.39 is 11.6 Å². The lowest BCUT2D eigenvalue weighted by Gasteiger charge is -2.04. The van der Waals surface area contributed by atoms with E-state index in [9.17, 15) is 9.59 Å². The summed E-state index contributed by atoms with van der Waals surface area (Å²) in [5, 5.41) is 9.02. The van der Waals surface area contributed by atoms with E-state index in [4.69, 9.17) is 16.7 Å². The quantitative estimate of drug-likeness (QED) is 0.792. The number of aromatic nitrogens is 1. The van der Waals surface area contributed by atoms with E-state index in [1.165, 1.54) is 0 Å². The van der Waals surface area contributed by atoms with Crippen molar-refractivity contribution in [3.05, 3.63) is 37.9 Å². The monoisotopic (exact) mass is 317 g/mol. The van der Waals surface area contributed by atoms with Crippen LogP contribution in [0.3, 0.4) is 0 Å². The maximum Gasteiger partial charge on any atom is 0.512 e. The van der Waals surface area contributed by atoms with Crippen molar-refractivity contribution in [1.29, 1.82) is 0 Å². The number of hydrogen-bond acceptors (Lipinski definition) is 3. The minimum atomic E-state index is -1.50. The van der Waals surface area contributed by atoms with E-state index in [1.54, 1.807) is 12.1 Å². The molecule has 0 bridgehead atoms. The Morgan fingerprint density at radius 3 is 2.76 bits per heavy atom. The number of carbonyl (C=O) groups is 1. The van der Waals surface area contributed by atoms with Gasteiger partial charge in [-0.1, -0.05) is 27.5 Å². The number of ether oxygens (including phenoxy) is 1. The molecule has 2 rings (SSSR count). The normalized spacial score (nSPS) is 10.5. The number of rotatable bonds is 1. The van der Waals surface area contributed by atoms with Crippen LogP contribution in [-0.4, -0.2) is 16.2 Å². The number of aromatic amines is 1. The summed E-state index contributed by atoms with van der Waals surface area (Å²) >= 11 is 9.14. The molecule has 0 aliphatic carbocycles. The Kier molecular flexibility index (Phi) is 3.08. The fourth-order valence-corrected chi connectivity index (χ4v) is 2.33. The molecule has 17 heavy (non-hydrogen) atoms. The van der Waals surface area contributed by atoms with Crippen LogP contribution < -0.4 is 10.2 Å². The van der Waals surface area contributed by atoms with Crippen molar-refractivity contribution in [2.45, 2.75) is 0 Å². The molecule has 7 heteroatoms. The molecule has 0 saturated heterocycles. The van der Waals surface area contributed by atoms with Crippen LogP contribution >= 0.6 is 27.5 Å². The highest BCUT2D eigenvalue weighted by Gasteiger charge is 2.09. The minimum absolute atomic E-state index is 0.149. The first kappa shape index (κ1) is 11.9. The summed E-state index contributed by atoms with van der Waals surface area (Å²) in [6.45, 7) is 0. The third-order valence-corrected chi connectivity index (χ3v) is 2.77. The molecule has 1 heterocycles. The smallest absolute Gasteiger partial charge is 0.449 e. The Hall–Kier alpha value is -1.53. The predicted octanol–water partition coefficient (Wildman–Crippen LogP) is 3.00. The summed E-state index contributed by atoms with van der Waals surface area (Å²) in [6.07, 6.45) is -1.50. The van der Waals surface area contributed by atoms with Crippen molar-refractivity contribution < 1.29 is 14.6 Å². The van der Waals surface area contributed by atoms with E-state index in [0.29, 0.717) is 9.99 Å². The topological polar surface area (TPSA) is 79.4 Å². The zero-order chi connectivity index (χ0) is 12.6. The third-order valence-electron chi connectivity index (χ3n) is 2.02. The zero-order valence-corrected chi connectivity index (χ0v) is 10.5. The third kappa shape index (κ3) is 2.42. The highest BCUT2D eigenvalue weighted by atomic mass is 79.9. The number of halogens is 2. The van der Waals surface area contributed by atoms with Crippen molar-refractivity contribution in [3.63, 3.8) is 0 Å². The van der Waals surface area contributed by atoms with Gasteiger partial charge in [-0.2, -0.15) is 0 Å². The number of pyridine rings is 1. The first-order chi connectivity index (χ1) is 7.97. The van der Waals surface area contributed by atoms with Gasteiger partial charge < -0.3 is 14.8 Å². The van der Waals surface area contributed by atoms with Gasteiger partial charge in [-0.3, -0.25) is 4.79 Å². The molecule has 0 spiro atoms. The van der Waals surface area contributed by atoms with Crippen LogP contribution in [0.15, 0.2) is 27.5 Å². The van der Waals surface area contributed by atoms with Gasteiger partial charge in [0.05, 0.1) is 15.9 Å². The molecule has 0 fully saturated rings. The van der Waals surface area contributed by atoms with Gasteiger partial charge in [0.1, 0.15) is 0 Å². The number of H-pyrrole nitrogens is 1. The standard InChI is InChI=1S/C10H5BrClNO4/c11-4-1-5(12)9-6(2-4)13-8(3-7(9)14)17-10(15)16/h1-3H,(H,13,14)(H,15,16). The Morgan fingerprint density at radius 1 is 1.41 bits per heavy atom. The van der Waals surface area contributed by atoms with Gasteiger partial charge in [0.25, 0.3) is 0 Å². The van der Waals surface area contributed by atoms with Crippen LogP contribution in [0, 0.1) is 0 Å². The second-order valence-corrected chi connectivity index (χ2v) is 4.50. The van der Waals surface area contributed by atoms with E-state index in [-0.39, 0.29) is 16.3 Å². The first-order valence-corrected chi connectivity index (χ1v) is 5.57. The lowest BCUT2D eigenvalue weighted by Crippen LogP contribution is -2.09. The highest BCUT2D eigenvalue weighted by molar-refractivity contribution is 9.10. The maximum atomic E-state index is 11.7. The molecular formula is C10H5BrClNO4. The molecule has 2 aromatic rings. The van der Waals surface area contributed by atoms with E-state index >= 15 is 0 Å². The number of benzene rings is 1. The Labute approximate surface area is 108 Å². The highest BCUT2D eigenvalue weighted by Crippen LogP contribution is 2.25. The molecule has 0 aliphatic heterocycles. The van der Waals surface area contributed by atoms with Gasteiger partial charge in [0, 0.05) is 10.5 Å². The van der Waals surface area contributed by atoms with Gasteiger partial charge in [-0.05, 0) is 12.1 Å². The molecule has 0 aliphatic rings. The fraction of sp³-hybridized carbons (Fsp3) is 0. The second kappa shape index (κ2) is 4.38. The van der Waals surface area contributed by atoms with Crippen LogP contribution in [0.5, 0.6) is 5.88 Å². The zero-order valence-electron chi connectivity index (χ0n) is 8.16. The average molecular weight is 319 g/mol. The molecular weight excluding hydrogens is 313 g/mol.